The lowest BCUT2D eigenvalue weighted by atomic mass is 9.86. The van der Waals surface area contributed by atoms with Gasteiger partial charge in [-0.3, -0.25) is 4.79 Å². The maximum absolute atomic E-state index is 13.2. The molecule has 0 aliphatic carbocycles. The fraction of sp³-hybridized carbons (Fsp3) is 0.542. The first-order valence-corrected chi connectivity index (χ1v) is 11.1. The molecule has 154 valence electrons. The molecule has 1 aromatic carbocycles. The summed E-state index contributed by atoms with van der Waals surface area (Å²) in [4.78, 5) is 17.8. The van der Waals surface area contributed by atoms with Gasteiger partial charge in [0, 0.05) is 43.3 Å². The van der Waals surface area contributed by atoms with Crippen LogP contribution in [-0.2, 0) is 4.74 Å². The van der Waals surface area contributed by atoms with Gasteiger partial charge in [-0.25, -0.2) is 0 Å². The average Bonchev–Trinajstić information content (AvgIpc) is 3.51. The van der Waals surface area contributed by atoms with Crippen molar-refractivity contribution in [2.45, 2.75) is 37.7 Å². The van der Waals surface area contributed by atoms with E-state index in [1.165, 1.54) is 25.9 Å². The fourth-order valence-electron chi connectivity index (χ4n) is 5.41. The van der Waals surface area contributed by atoms with Crippen LogP contribution < -0.4 is 0 Å². The maximum atomic E-state index is 13.2. The number of piperidine rings is 1. The maximum Gasteiger partial charge on any atom is 0.253 e. The average molecular weight is 394 g/mol. The Morgan fingerprint density at radius 3 is 2.55 bits per heavy atom. The van der Waals surface area contributed by atoms with Crippen molar-refractivity contribution in [1.82, 2.24) is 14.4 Å². The number of amides is 1. The number of hydrogen-bond acceptors (Lipinski definition) is 3. The summed E-state index contributed by atoms with van der Waals surface area (Å²) in [5, 5.41) is 0. The Labute approximate surface area is 173 Å². The first-order valence-electron chi connectivity index (χ1n) is 11.1. The number of rotatable bonds is 4. The zero-order chi connectivity index (χ0) is 19.7. The molecule has 3 fully saturated rings. The predicted octanol–water partition coefficient (Wildman–Crippen LogP) is 3.58. The Kier molecular flexibility index (Phi) is 5.18. The van der Waals surface area contributed by atoms with Gasteiger partial charge in [-0.1, -0.05) is 0 Å². The molecule has 0 bridgehead atoms. The van der Waals surface area contributed by atoms with E-state index < -0.39 is 0 Å². The minimum atomic E-state index is -0.122. The number of benzene rings is 1. The molecule has 3 aliphatic heterocycles. The lowest BCUT2D eigenvalue weighted by Gasteiger charge is -2.40. The molecule has 3 aliphatic rings. The summed E-state index contributed by atoms with van der Waals surface area (Å²) in [6, 6.07) is 11.9. The molecule has 2 aromatic rings. The first-order chi connectivity index (χ1) is 14.2. The Morgan fingerprint density at radius 1 is 1.03 bits per heavy atom. The Hall–Kier alpha value is -2.11. The minimum Gasteiger partial charge on any atom is -0.373 e. The highest BCUT2D eigenvalue weighted by atomic mass is 16.5. The quantitative estimate of drug-likeness (QED) is 0.797. The minimum absolute atomic E-state index is 0.122. The van der Waals surface area contributed by atoms with E-state index in [-0.39, 0.29) is 11.5 Å². The molecule has 0 unspecified atom stereocenters. The van der Waals surface area contributed by atoms with E-state index in [1.807, 2.05) is 53.7 Å². The van der Waals surface area contributed by atoms with Crippen LogP contribution in [0.1, 0.15) is 42.5 Å². The molecule has 1 spiro atoms. The second kappa shape index (κ2) is 7.96. The lowest BCUT2D eigenvalue weighted by Crippen LogP contribution is -2.50. The molecular weight excluding hydrogens is 362 g/mol. The van der Waals surface area contributed by atoms with E-state index in [1.54, 1.807) is 0 Å². The summed E-state index contributed by atoms with van der Waals surface area (Å²) in [6.07, 6.45) is 9.92. The normalized spacial score (nSPS) is 27.7. The number of ether oxygens (including phenoxy) is 1. The lowest BCUT2D eigenvalue weighted by molar-refractivity contribution is -0.0450. The van der Waals surface area contributed by atoms with Crippen LogP contribution in [-0.4, -0.2) is 65.2 Å². The van der Waals surface area contributed by atoms with Crippen LogP contribution in [0.5, 0.6) is 0 Å². The molecule has 0 N–H and O–H groups in total. The van der Waals surface area contributed by atoms with Crippen LogP contribution in [0.3, 0.4) is 0 Å². The van der Waals surface area contributed by atoms with Crippen molar-refractivity contribution >= 4 is 5.91 Å². The van der Waals surface area contributed by atoms with Crippen molar-refractivity contribution in [2.75, 3.05) is 39.3 Å². The second-order valence-electron chi connectivity index (χ2n) is 9.04. The highest BCUT2D eigenvalue weighted by Crippen LogP contribution is 2.38. The topological polar surface area (TPSA) is 37.7 Å². The van der Waals surface area contributed by atoms with Crippen molar-refractivity contribution < 1.29 is 9.53 Å². The van der Waals surface area contributed by atoms with Crippen LogP contribution in [0, 0.1) is 5.92 Å². The van der Waals surface area contributed by atoms with Gasteiger partial charge in [0.25, 0.3) is 5.91 Å². The van der Waals surface area contributed by atoms with E-state index in [9.17, 15) is 4.79 Å². The highest BCUT2D eigenvalue weighted by Gasteiger charge is 2.44. The first kappa shape index (κ1) is 18.9. The van der Waals surface area contributed by atoms with Gasteiger partial charge in [0.05, 0.1) is 12.2 Å². The number of carbonyl (C=O) groups excluding carboxylic acids is 1. The smallest absolute Gasteiger partial charge is 0.253 e. The molecule has 5 heteroatoms. The number of hydrogen-bond donors (Lipinski definition) is 0. The molecule has 2 atom stereocenters. The molecule has 0 radical (unpaired) electrons. The summed E-state index contributed by atoms with van der Waals surface area (Å²) >= 11 is 0. The third kappa shape index (κ3) is 3.99. The van der Waals surface area contributed by atoms with Gasteiger partial charge >= 0.3 is 0 Å². The van der Waals surface area contributed by atoms with Crippen LogP contribution in [0.2, 0.25) is 0 Å². The fourth-order valence-corrected chi connectivity index (χ4v) is 5.41. The van der Waals surface area contributed by atoms with E-state index in [4.69, 9.17) is 4.74 Å². The molecular formula is C24H31N3O2. The summed E-state index contributed by atoms with van der Waals surface area (Å²) < 4.78 is 8.42. The van der Waals surface area contributed by atoms with Crippen LogP contribution in [0.15, 0.2) is 48.8 Å². The van der Waals surface area contributed by atoms with Crippen molar-refractivity contribution in [3.63, 3.8) is 0 Å². The zero-order valence-electron chi connectivity index (χ0n) is 17.1. The van der Waals surface area contributed by atoms with Crippen molar-refractivity contribution in [1.29, 1.82) is 0 Å². The summed E-state index contributed by atoms with van der Waals surface area (Å²) in [6.45, 7) is 6.07. The molecule has 3 saturated heterocycles. The van der Waals surface area contributed by atoms with Gasteiger partial charge in [0.1, 0.15) is 0 Å². The van der Waals surface area contributed by atoms with Gasteiger partial charge in [0.2, 0.25) is 0 Å². The molecule has 1 amide bonds. The van der Waals surface area contributed by atoms with Crippen molar-refractivity contribution in [3.8, 4) is 5.69 Å². The summed E-state index contributed by atoms with van der Waals surface area (Å²) in [7, 11) is 0. The highest BCUT2D eigenvalue weighted by molar-refractivity contribution is 5.94. The van der Waals surface area contributed by atoms with Gasteiger partial charge in [-0.05, 0) is 87.5 Å². The van der Waals surface area contributed by atoms with E-state index in [2.05, 4.69) is 9.47 Å². The van der Waals surface area contributed by atoms with E-state index >= 15 is 0 Å². The predicted molar refractivity (Wildman–Crippen MR) is 113 cm³/mol. The Bertz CT molecular complexity index is 826. The molecule has 0 saturated carbocycles. The third-order valence-electron chi connectivity index (χ3n) is 6.84. The van der Waals surface area contributed by atoms with Crippen molar-refractivity contribution in [3.05, 3.63) is 54.4 Å². The Balaban J connectivity index is 1.23. The molecule has 29 heavy (non-hydrogen) atoms. The van der Waals surface area contributed by atoms with Crippen LogP contribution in [0.25, 0.3) is 5.69 Å². The number of aromatic nitrogens is 1. The molecule has 4 heterocycles. The zero-order valence-corrected chi connectivity index (χ0v) is 17.1. The largest absolute Gasteiger partial charge is 0.373 e. The standard InChI is InChI=1S/C24H31N3O2/c28-23(21-6-8-22(9-7-21)26-13-3-4-14-26)27-15-5-10-24(19-27)16-20(18-29-24)17-25-11-1-2-12-25/h3-4,6-9,13-14,20H,1-2,5,10-12,15-19H2/t20-,24-/m1/s1. The van der Waals surface area contributed by atoms with E-state index in [0.717, 1.165) is 56.8 Å². The van der Waals surface area contributed by atoms with E-state index in [0.29, 0.717) is 5.92 Å². The van der Waals surface area contributed by atoms with Crippen molar-refractivity contribution in [2.24, 2.45) is 5.92 Å². The Morgan fingerprint density at radius 2 is 1.79 bits per heavy atom. The summed E-state index contributed by atoms with van der Waals surface area (Å²) in [5.41, 5.74) is 1.72. The molecule has 5 rings (SSSR count). The van der Waals surface area contributed by atoms with Crippen LogP contribution >= 0.6 is 0 Å². The number of likely N-dealkylation sites (tertiary alicyclic amines) is 2. The van der Waals surface area contributed by atoms with Gasteiger partial charge in [-0.2, -0.15) is 0 Å². The van der Waals surface area contributed by atoms with Gasteiger partial charge in [-0.15, -0.1) is 0 Å². The SMILES string of the molecule is O=C(c1ccc(-n2cccc2)cc1)N1CCC[C@@]2(C[C@H](CN3CCCC3)CO2)C1. The molecule has 5 nitrogen and oxygen atoms in total. The summed E-state index contributed by atoms with van der Waals surface area (Å²) in [5.74, 6) is 0.749. The number of carbonyl (C=O) groups is 1. The van der Waals surface area contributed by atoms with Gasteiger partial charge in [0.15, 0.2) is 0 Å². The van der Waals surface area contributed by atoms with Crippen LogP contribution in [0.4, 0.5) is 0 Å². The monoisotopic (exact) mass is 393 g/mol. The second-order valence-corrected chi connectivity index (χ2v) is 9.04. The van der Waals surface area contributed by atoms with Gasteiger partial charge < -0.3 is 19.1 Å². The molecule has 1 aromatic heterocycles. The number of nitrogens with zero attached hydrogens (tertiary/aromatic N) is 3. The third-order valence-corrected chi connectivity index (χ3v) is 6.84.